The van der Waals surface area contributed by atoms with Crippen molar-refractivity contribution in [3.8, 4) is 11.5 Å². The standard InChI is InChI=1S/C15H15NOS/c1-10-7-8-13(11(2)9-10)17-14-6-4-3-5-12(14)15(16)18/h3-9H,1-2H3,(H2,16,18). The minimum atomic E-state index is 0.343. The van der Waals surface area contributed by atoms with E-state index in [-0.39, 0.29) is 0 Å². The molecule has 0 saturated carbocycles. The molecule has 0 aromatic heterocycles. The Balaban J connectivity index is 2.37. The van der Waals surface area contributed by atoms with Gasteiger partial charge < -0.3 is 10.5 Å². The number of thiocarbonyl (C=S) groups is 1. The van der Waals surface area contributed by atoms with Gasteiger partial charge >= 0.3 is 0 Å². The van der Waals surface area contributed by atoms with Crippen LogP contribution in [0.15, 0.2) is 42.5 Å². The Morgan fingerprint density at radius 1 is 1.06 bits per heavy atom. The first-order valence-corrected chi connectivity index (χ1v) is 6.12. The predicted molar refractivity (Wildman–Crippen MR) is 78.3 cm³/mol. The molecule has 0 heterocycles. The van der Waals surface area contributed by atoms with Gasteiger partial charge in [0.1, 0.15) is 16.5 Å². The summed E-state index contributed by atoms with van der Waals surface area (Å²) in [6.07, 6.45) is 0. The number of hydrogen-bond donors (Lipinski definition) is 1. The molecular weight excluding hydrogens is 242 g/mol. The van der Waals surface area contributed by atoms with Crippen LogP contribution >= 0.6 is 12.2 Å². The molecule has 0 amide bonds. The van der Waals surface area contributed by atoms with Crippen LogP contribution in [-0.2, 0) is 0 Å². The van der Waals surface area contributed by atoms with Gasteiger partial charge in [0.15, 0.2) is 0 Å². The molecule has 2 N–H and O–H groups in total. The van der Waals surface area contributed by atoms with Crippen molar-refractivity contribution in [1.82, 2.24) is 0 Å². The zero-order valence-electron chi connectivity index (χ0n) is 10.4. The number of rotatable bonds is 3. The van der Waals surface area contributed by atoms with Crippen molar-refractivity contribution in [3.63, 3.8) is 0 Å². The summed E-state index contributed by atoms with van der Waals surface area (Å²) in [6, 6.07) is 13.6. The van der Waals surface area contributed by atoms with Crippen molar-refractivity contribution in [2.45, 2.75) is 13.8 Å². The van der Waals surface area contributed by atoms with Gasteiger partial charge in [0, 0.05) is 0 Å². The molecule has 18 heavy (non-hydrogen) atoms. The minimum Gasteiger partial charge on any atom is -0.456 e. The van der Waals surface area contributed by atoms with E-state index in [1.54, 1.807) is 0 Å². The van der Waals surface area contributed by atoms with Crippen LogP contribution in [0.3, 0.4) is 0 Å². The van der Waals surface area contributed by atoms with Crippen molar-refractivity contribution < 1.29 is 4.74 Å². The normalized spacial score (nSPS) is 10.1. The first-order valence-electron chi connectivity index (χ1n) is 5.72. The Labute approximate surface area is 112 Å². The SMILES string of the molecule is Cc1ccc(Oc2ccccc2C(N)=S)c(C)c1. The van der Waals surface area contributed by atoms with E-state index in [9.17, 15) is 0 Å². The molecule has 0 unspecified atom stereocenters. The number of para-hydroxylation sites is 1. The second-order valence-electron chi connectivity index (χ2n) is 4.23. The third-order valence-corrected chi connectivity index (χ3v) is 2.92. The fraction of sp³-hybridized carbons (Fsp3) is 0.133. The molecule has 0 saturated heterocycles. The van der Waals surface area contributed by atoms with Gasteiger partial charge in [-0.1, -0.05) is 42.0 Å². The van der Waals surface area contributed by atoms with Crippen LogP contribution in [0.5, 0.6) is 11.5 Å². The highest BCUT2D eigenvalue weighted by Gasteiger charge is 2.08. The van der Waals surface area contributed by atoms with Gasteiger partial charge in [-0.2, -0.15) is 0 Å². The summed E-state index contributed by atoms with van der Waals surface area (Å²) in [5, 5.41) is 0. The van der Waals surface area contributed by atoms with Crippen LogP contribution in [-0.4, -0.2) is 4.99 Å². The fourth-order valence-corrected chi connectivity index (χ4v) is 1.96. The highest BCUT2D eigenvalue weighted by atomic mass is 32.1. The lowest BCUT2D eigenvalue weighted by Crippen LogP contribution is -2.10. The number of nitrogens with two attached hydrogens (primary N) is 1. The lowest BCUT2D eigenvalue weighted by Gasteiger charge is -2.12. The fourth-order valence-electron chi connectivity index (χ4n) is 1.79. The number of hydrogen-bond acceptors (Lipinski definition) is 2. The largest absolute Gasteiger partial charge is 0.456 e. The zero-order valence-corrected chi connectivity index (χ0v) is 11.3. The van der Waals surface area contributed by atoms with E-state index >= 15 is 0 Å². The lowest BCUT2D eigenvalue weighted by molar-refractivity contribution is 0.478. The van der Waals surface area contributed by atoms with Gasteiger partial charge in [0.25, 0.3) is 0 Å². The van der Waals surface area contributed by atoms with E-state index in [4.69, 9.17) is 22.7 Å². The first kappa shape index (κ1) is 12.6. The topological polar surface area (TPSA) is 35.2 Å². The van der Waals surface area contributed by atoms with Crippen LogP contribution in [0.1, 0.15) is 16.7 Å². The van der Waals surface area contributed by atoms with E-state index < -0.39 is 0 Å². The highest BCUT2D eigenvalue weighted by molar-refractivity contribution is 7.80. The summed E-state index contributed by atoms with van der Waals surface area (Å²) in [5.41, 5.74) is 8.74. The van der Waals surface area contributed by atoms with Crippen LogP contribution in [0, 0.1) is 13.8 Å². The molecule has 2 rings (SSSR count). The quantitative estimate of drug-likeness (QED) is 0.851. The van der Waals surface area contributed by atoms with Crippen LogP contribution < -0.4 is 10.5 Å². The van der Waals surface area contributed by atoms with Crippen LogP contribution in [0.4, 0.5) is 0 Å². The summed E-state index contributed by atoms with van der Waals surface area (Å²) < 4.78 is 5.89. The van der Waals surface area contributed by atoms with E-state index in [1.165, 1.54) is 5.56 Å². The number of benzene rings is 2. The maximum absolute atomic E-state index is 5.89. The monoisotopic (exact) mass is 257 g/mol. The Bertz CT molecular complexity index is 593. The van der Waals surface area contributed by atoms with Crippen molar-refractivity contribution >= 4 is 17.2 Å². The maximum atomic E-state index is 5.89. The molecule has 92 valence electrons. The van der Waals surface area contributed by atoms with Crippen molar-refractivity contribution in [2.24, 2.45) is 5.73 Å². The summed E-state index contributed by atoms with van der Waals surface area (Å²) in [4.78, 5) is 0.343. The number of aryl methyl sites for hydroxylation is 2. The molecule has 3 heteroatoms. The average molecular weight is 257 g/mol. The van der Waals surface area contributed by atoms with Gasteiger partial charge in [-0.05, 0) is 37.6 Å². The Morgan fingerprint density at radius 2 is 1.78 bits per heavy atom. The first-order chi connectivity index (χ1) is 8.58. The summed E-state index contributed by atoms with van der Waals surface area (Å²) in [5.74, 6) is 1.52. The molecule has 0 radical (unpaired) electrons. The molecular formula is C15H15NOS. The van der Waals surface area contributed by atoms with E-state index in [0.717, 1.165) is 16.9 Å². The molecule has 2 aromatic rings. The zero-order chi connectivity index (χ0) is 13.1. The van der Waals surface area contributed by atoms with Crippen LogP contribution in [0.25, 0.3) is 0 Å². The molecule has 0 atom stereocenters. The molecule has 2 aromatic carbocycles. The summed E-state index contributed by atoms with van der Waals surface area (Å²) in [6.45, 7) is 4.07. The third kappa shape index (κ3) is 2.68. The molecule has 0 aliphatic carbocycles. The van der Waals surface area contributed by atoms with Gasteiger partial charge in [0.05, 0.1) is 5.56 Å². The second-order valence-corrected chi connectivity index (χ2v) is 4.67. The van der Waals surface area contributed by atoms with Gasteiger partial charge in [-0.25, -0.2) is 0 Å². The highest BCUT2D eigenvalue weighted by Crippen LogP contribution is 2.28. The van der Waals surface area contributed by atoms with E-state index in [1.807, 2.05) is 43.3 Å². The van der Waals surface area contributed by atoms with Crippen molar-refractivity contribution in [2.75, 3.05) is 0 Å². The predicted octanol–water partition coefficient (Wildman–Crippen LogP) is 3.73. The molecule has 0 aliphatic rings. The smallest absolute Gasteiger partial charge is 0.137 e. The second kappa shape index (κ2) is 5.19. The van der Waals surface area contributed by atoms with Crippen LogP contribution in [0.2, 0.25) is 0 Å². The average Bonchev–Trinajstić information content (AvgIpc) is 2.33. The van der Waals surface area contributed by atoms with E-state index in [2.05, 4.69) is 13.0 Å². The van der Waals surface area contributed by atoms with E-state index in [0.29, 0.717) is 10.7 Å². The summed E-state index contributed by atoms with van der Waals surface area (Å²) >= 11 is 5.02. The lowest BCUT2D eigenvalue weighted by atomic mass is 10.1. The number of ether oxygens (including phenoxy) is 1. The molecule has 0 bridgehead atoms. The van der Waals surface area contributed by atoms with Crippen molar-refractivity contribution in [1.29, 1.82) is 0 Å². The molecule has 0 aliphatic heterocycles. The molecule has 0 fully saturated rings. The van der Waals surface area contributed by atoms with Crippen molar-refractivity contribution in [3.05, 3.63) is 59.2 Å². The Hall–Kier alpha value is -1.87. The third-order valence-electron chi connectivity index (χ3n) is 2.70. The minimum absolute atomic E-state index is 0.343. The summed E-state index contributed by atoms with van der Waals surface area (Å²) in [7, 11) is 0. The van der Waals surface area contributed by atoms with Gasteiger partial charge in [-0.3, -0.25) is 0 Å². The van der Waals surface area contributed by atoms with Gasteiger partial charge in [0.2, 0.25) is 0 Å². The Kier molecular flexibility index (Phi) is 3.63. The molecule has 0 spiro atoms. The maximum Gasteiger partial charge on any atom is 0.137 e. The Morgan fingerprint density at radius 3 is 2.44 bits per heavy atom. The molecule has 2 nitrogen and oxygen atoms in total. The van der Waals surface area contributed by atoms with Gasteiger partial charge in [-0.15, -0.1) is 0 Å².